The van der Waals surface area contributed by atoms with Gasteiger partial charge in [-0.1, -0.05) is 6.42 Å². The lowest BCUT2D eigenvalue weighted by molar-refractivity contribution is 0.0816. The predicted octanol–water partition coefficient (Wildman–Crippen LogP) is 0.410. The van der Waals surface area contributed by atoms with Crippen molar-refractivity contribution in [2.24, 2.45) is 0 Å². The summed E-state index contributed by atoms with van der Waals surface area (Å²) in [5.74, 6) is 0.676. The first kappa shape index (κ1) is 12.3. The van der Waals surface area contributed by atoms with Crippen LogP contribution in [0.25, 0.3) is 0 Å². The Morgan fingerprint density at radius 2 is 1.94 bits per heavy atom. The fraction of sp³-hybridized carbons (Fsp3) is 1.00. The standard InChI is InChI=1S/C11H21NO3S/c13-7-2-6-12(10-3-1-4-10)11-5-8-16(14,15)9-11/h10-11,13H,1-9H2. The third-order valence-electron chi connectivity index (χ3n) is 3.80. The van der Waals surface area contributed by atoms with Crippen LogP contribution in [0.15, 0.2) is 0 Å². The van der Waals surface area contributed by atoms with Gasteiger partial charge in [0.2, 0.25) is 0 Å². The molecule has 0 amide bonds. The van der Waals surface area contributed by atoms with Crippen LogP contribution < -0.4 is 0 Å². The van der Waals surface area contributed by atoms with Crippen LogP contribution in [-0.4, -0.2) is 55.2 Å². The molecule has 0 spiro atoms. The van der Waals surface area contributed by atoms with Crippen molar-refractivity contribution in [3.63, 3.8) is 0 Å². The van der Waals surface area contributed by atoms with E-state index in [4.69, 9.17) is 5.11 Å². The van der Waals surface area contributed by atoms with Crippen LogP contribution >= 0.6 is 0 Å². The Kier molecular flexibility index (Phi) is 3.87. The molecule has 5 heteroatoms. The van der Waals surface area contributed by atoms with Crippen molar-refractivity contribution < 1.29 is 13.5 Å². The van der Waals surface area contributed by atoms with E-state index in [9.17, 15) is 8.42 Å². The van der Waals surface area contributed by atoms with E-state index in [1.807, 2.05) is 0 Å². The molecule has 2 aliphatic rings. The van der Waals surface area contributed by atoms with Crippen LogP contribution in [0.3, 0.4) is 0 Å². The molecule has 1 aliphatic heterocycles. The van der Waals surface area contributed by atoms with Crippen LogP contribution in [-0.2, 0) is 9.84 Å². The molecule has 1 N–H and O–H groups in total. The van der Waals surface area contributed by atoms with Crippen molar-refractivity contribution in [2.75, 3.05) is 24.7 Å². The highest BCUT2D eigenvalue weighted by Crippen LogP contribution is 2.30. The monoisotopic (exact) mass is 247 g/mol. The Bertz CT molecular complexity index is 324. The zero-order chi connectivity index (χ0) is 11.6. The third-order valence-corrected chi connectivity index (χ3v) is 5.55. The summed E-state index contributed by atoms with van der Waals surface area (Å²) in [4.78, 5) is 2.34. The predicted molar refractivity (Wildman–Crippen MR) is 63.1 cm³/mol. The largest absolute Gasteiger partial charge is 0.396 e. The first-order chi connectivity index (χ1) is 7.62. The maximum Gasteiger partial charge on any atom is 0.151 e. The molecule has 0 radical (unpaired) electrons. The SMILES string of the molecule is O=S1(=O)CCC(N(CCCO)C2CCC2)C1. The molecule has 1 heterocycles. The van der Waals surface area contributed by atoms with Gasteiger partial charge in [0, 0.05) is 25.2 Å². The quantitative estimate of drug-likeness (QED) is 0.764. The molecule has 2 fully saturated rings. The summed E-state index contributed by atoms with van der Waals surface area (Å²) in [6.07, 6.45) is 5.20. The lowest BCUT2D eigenvalue weighted by Crippen LogP contribution is -2.47. The molecule has 1 saturated heterocycles. The van der Waals surface area contributed by atoms with Crippen LogP contribution in [0.4, 0.5) is 0 Å². The highest BCUT2D eigenvalue weighted by molar-refractivity contribution is 7.91. The summed E-state index contributed by atoms with van der Waals surface area (Å²) in [7, 11) is -2.79. The van der Waals surface area contributed by atoms with Crippen LogP contribution in [0.1, 0.15) is 32.1 Å². The molecule has 1 aliphatic carbocycles. The van der Waals surface area contributed by atoms with E-state index in [1.165, 1.54) is 19.3 Å². The average molecular weight is 247 g/mol. The molecule has 1 atom stereocenters. The van der Waals surface area contributed by atoms with Gasteiger partial charge in [-0.2, -0.15) is 0 Å². The molecule has 94 valence electrons. The number of sulfone groups is 1. The van der Waals surface area contributed by atoms with Crippen LogP contribution in [0, 0.1) is 0 Å². The lowest BCUT2D eigenvalue weighted by Gasteiger charge is -2.41. The molecular weight excluding hydrogens is 226 g/mol. The van der Waals surface area contributed by atoms with Gasteiger partial charge in [-0.3, -0.25) is 4.90 Å². The van der Waals surface area contributed by atoms with E-state index in [-0.39, 0.29) is 12.6 Å². The van der Waals surface area contributed by atoms with Gasteiger partial charge in [0.05, 0.1) is 11.5 Å². The van der Waals surface area contributed by atoms with E-state index in [2.05, 4.69) is 4.90 Å². The normalized spacial score (nSPS) is 29.5. The zero-order valence-corrected chi connectivity index (χ0v) is 10.5. The Labute approximate surface area is 97.6 Å². The second kappa shape index (κ2) is 5.02. The summed E-state index contributed by atoms with van der Waals surface area (Å²) in [6, 6.07) is 0.784. The fourth-order valence-corrected chi connectivity index (χ4v) is 4.41. The molecule has 16 heavy (non-hydrogen) atoms. The maximum atomic E-state index is 11.5. The van der Waals surface area contributed by atoms with Gasteiger partial charge in [0.1, 0.15) is 0 Å². The number of hydrogen-bond acceptors (Lipinski definition) is 4. The number of aliphatic hydroxyl groups excluding tert-OH is 1. The Morgan fingerprint density at radius 3 is 2.38 bits per heavy atom. The third kappa shape index (κ3) is 2.76. The maximum absolute atomic E-state index is 11.5. The van der Waals surface area contributed by atoms with Gasteiger partial charge in [0.15, 0.2) is 9.84 Å². The lowest BCUT2D eigenvalue weighted by atomic mass is 9.90. The second-order valence-corrected chi connectivity index (χ2v) is 7.19. The van der Waals surface area contributed by atoms with Crippen molar-refractivity contribution in [2.45, 2.75) is 44.2 Å². The molecule has 0 aromatic rings. The summed E-state index contributed by atoms with van der Waals surface area (Å²) < 4.78 is 22.9. The molecule has 1 unspecified atom stereocenters. The molecule has 1 saturated carbocycles. The van der Waals surface area contributed by atoms with Crippen LogP contribution in [0.5, 0.6) is 0 Å². The van der Waals surface area contributed by atoms with Crippen LogP contribution in [0.2, 0.25) is 0 Å². The Morgan fingerprint density at radius 1 is 1.19 bits per heavy atom. The summed E-state index contributed by atoms with van der Waals surface area (Å²) in [5, 5.41) is 8.89. The van der Waals surface area contributed by atoms with Gasteiger partial charge >= 0.3 is 0 Å². The minimum atomic E-state index is -2.79. The van der Waals surface area contributed by atoms with Gasteiger partial charge < -0.3 is 5.11 Å². The number of nitrogens with zero attached hydrogens (tertiary/aromatic N) is 1. The molecule has 0 aromatic heterocycles. The minimum absolute atomic E-state index is 0.197. The van der Waals surface area contributed by atoms with Crippen molar-refractivity contribution >= 4 is 9.84 Å². The zero-order valence-electron chi connectivity index (χ0n) is 9.64. The van der Waals surface area contributed by atoms with Gasteiger partial charge in [-0.05, 0) is 25.7 Å². The van der Waals surface area contributed by atoms with E-state index < -0.39 is 9.84 Å². The van der Waals surface area contributed by atoms with E-state index in [0.29, 0.717) is 17.5 Å². The highest BCUT2D eigenvalue weighted by atomic mass is 32.2. The first-order valence-electron chi connectivity index (χ1n) is 6.19. The molecule has 4 nitrogen and oxygen atoms in total. The van der Waals surface area contributed by atoms with Crippen molar-refractivity contribution in [1.29, 1.82) is 0 Å². The average Bonchev–Trinajstić information content (AvgIpc) is 2.50. The van der Waals surface area contributed by atoms with Gasteiger partial charge in [0.25, 0.3) is 0 Å². The highest BCUT2D eigenvalue weighted by Gasteiger charge is 2.36. The first-order valence-corrected chi connectivity index (χ1v) is 8.01. The topological polar surface area (TPSA) is 57.6 Å². The van der Waals surface area contributed by atoms with E-state index in [0.717, 1.165) is 19.4 Å². The minimum Gasteiger partial charge on any atom is -0.396 e. The number of rotatable bonds is 5. The fourth-order valence-electron chi connectivity index (χ4n) is 2.67. The molecular formula is C11H21NO3S. The van der Waals surface area contributed by atoms with Crippen molar-refractivity contribution in [3.8, 4) is 0 Å². The summed E-state index contributed by atoms with van der Waals surface area (Å²) >= 11 is 0. The smallest absolute Gasteiger partial charge is 0.151 e. The Hall–Kier alpha value is -0.130. The number of aliphatic hydroxyl groups is 1. The molecule has 0 aromatic carbocycles. The van der Waals surface area contributed by atoms with Gasteiger partial charge in [-0.15, -0.1) is 0 Å². The summed E-state index contributed by atoms with van der Waals surface area (Å²) in [5.41, 5.74) is 0. The van der Waals surface area contributed by atoms with Gasteiger partial charge in [-0.25, -0.2) is 8.42 Å². The van der Waals surface area contributed by atoms with Crippen molar-refractivity contribution in [3.05, 3.63) is 0 Å². The van der Waals surface area contributed by atoms with E-state index in [1.54, 1.807) is 0 Å². The second-order valence-electron chi connectivity index (χ2n) is 4.96. The van der Waals surface area contributed by atoms with Crippen molar-refractivity contribution in [1.82, 2.24) is 4.90 Å². The van der Waals surface area contributed by atoms with E-state index >= 15 is 0 Å². The molecule has 2 rings (SSSR count). The Balaban J connectivity index is 1.95. The molecule has 0 bridgehead atoms. The summed E-state index contributed by atoms with van der Waals surface area (Å²) in [6.45, 7) is 1.05. The number of hydrogen-bond donors (Lipinski definition) is 1.